The van der Waals surface area contributed by atoms with Crippen LogP contribution in [0.25, 0.3) is 0 Å². The van der Waals surface area contributed by atoms with Crippen LogP contribution in [0.2, 0.25) is 0 Å². The first-order valence-corrected chi connectivity index (χ1v) is 8.48. The molecule has 1 saturated heterocycles. The van der Waals surface area contributed by atoms with E-state index in [1.54, 1.807) is 0 Å². The van der Waals surface area contributed by atoms with Crippen molar-refractivity contribution < 1.29 is 4.79 Å². The van der Waals surface area contributed by atoms with E-state index >= 15 is 0 Å². The minimum Gasteiger partial charge on any atom is -0.337 e. The molecule has 0 radical (unpaired) electrons. The summed E-state index contributed by atoms with van der Waals surface area (Å²) in [5.74, 6) is 0.131. The van der Waals surface area contributed by atoms with Crippen LogP contribution < -0.4 is 5.56 Å². The summed E-state index contributed by atoms with van der Waals surface area (Å²) in [6, 6.07) is 4.99. The summed E-state index contributed by atoms with van der Waals surface area (Å²) >= 11 is 0. The second kappa shape index (κ2) is 6.98. The number of rotatable bonds is 4. The lowest BCUT2D eigenvalue weighted by molar-refractivity contribution is 0.0697. The molecule has 0 saturated carbocycles. The van der Waals surface area contributed by atoms with E-state index in [4.69, 9.17) is 0 Å². The van der Waals surface area contributed by atoms with Crippen LogP contribution in [0.5, 0.6) is 0 Å². The van der Waals surface area contributed by atoms with Gasteiger partial charge in [-0.1, -0.05) is 6.92 Å². The number of aromatic amines is 1. The van der Waals surface area contributed by atoms with Gasteiger partial charge in [-0.2, -0.15) is 10.2 Å². The molecule has 2 aromatic rings. The van der Waals surface area contributed by atoms with E-state index < -0.39 is 0 Å². The lowest BCUT2D eigenvalue weighted by Crippen LogP contribution is -2.40. The Morgan fingerprint density at radius 1 is 1.42 bits per heavy atom. The van der Waals surface area contributed by atoms with E-state index in [1.165, 1.54) is 16.8 Å². The first-order valence-electron chi connectivity index (χ1n) is 8.48. The summed E-state index contributed by atoms with van der Waals surface area (Å²) in [5.41, 5.74) is 2.20. The minimum atomic E-state index is -0.170. The van der Waals surface area contributed by atoms with Crippen molar-refractivity contribution in [2.45, 2.75) is 45.6 Å². The first kappa shape index (κ1) is 16.4. The summed E-state index contributed by atoms with van der Waals surface area (Å²) in [4.78, 5) is 26.4. The van der Waals surface area contributed by atoms with E-state index in [1.807, 2.05) is 24.8 Å². The van der Waals surface area contributed by atoms with Gasteiger partial charge >= 0.3 is 0 Å². The van der Waals surface area contributed by atoms with Crippen molar-refractivity contribution in [1.82, 2.24) is 24.9 Å². The topological polar surface area (TPSA) is 83.9 Å². The minimum absolute atomic E-state index is 0.114. The Morgan fingerprint density at radius 2 is 2.25 bits per heavy atom. The third kappa shape index (κ3) is 3.39. The first-order chi connectivity index (χ1) is 11.6. The van der Waals surface area contributed by atoms with E-state index in [0.29, 0.717) is 25.3 Å². The summed E-state index contributed by atoms with van der Waals surface area (Å²) in [7, 11) is 0. The van der Waals surface area contributed by atoms with Gasteiger partial charge in [-0.05, 0) is 38.3 Å². The average Bonchev–Trinajstić information content (AvgIpc) is 3.03. The highest BCUT2D eigenvalue weighted by atomic mass is 16.2. The van der Waals surface area contributed by atoms with Crippen LogP contribution in [0.4, 0.5) is 0 Å². The molecular weight excluding hydrogens is 306 g/mol. The maximum Gasteiger partial charge on any atom is 0.274 e. The third-order valence-electron chi connectivity index (χ3n) is 4.37. The Morgan fingerprint density at radius 3 is 2.96 bits per heavy atom. The fraction of sp³-hybridized carbons (Fsp3) is 0.529. The zero-order chi connectivity index (χ0) is 17.1. The quantitative estimate of drug-likeness (QED) is 0.925. The smallest absolute Gasteiger partial charge is 0.274 e. The number of piperidine rings is 1. The fourth-order valence-electron chi connectivity index (χ4n) is 3.15. The average molecular weight is 329 g/mol. The highest BCUT2D eigenvalue weighted by Crippen LogP contribution is 2.26. The molecule has 7 nitrogen and oxygen atoms in total. The number of amides is 1. The molecule has 1 fully saturated rings. The summed E-state index contributed by atoms with van der Waals surface area (Å²) < 4.78 is 1.37. The van der Waals surface area contributed by atoms with Crippen molar-refractivity contribution in [2.24, 2.45) is 0 Å². The molecule has 2 aromatic heterocycles. The molecule has 7 heteroatoms. The highest BCUT2D eigenvalue weighted by Gasteiger charge is 2.27. The van der Waals surface area contributed by atoms with Gasteiger partial charge < -0.3 is 4.90 Å². The zero-order valence-corrected chi connectivity index (χ0v) is 14.2. The largest absolute Gasteiger partial charge is 0.337 e. The van der Waals surface area contributed by atoms with Crippen LogP contribution in [-0.4, -0.2) is 43.9 Å². The highest BCUT2D eigenvalue weighted by molar-refractivity contribution is 5.92. The molecule has 1 amide bonds. The standard InChI is InChI=1S/C17H23N5O2/c1-3-8-22-16(23)7-6-14(20-22)17(24)21-9-4-5-13(11-21)15-10-12(2)18-19-15/h6-7,10,13H,3-5,8-9,11H2,1-2H3,(H,18,19)/t13-/m0/s1. The van der Waals surface area contributed by atoms with Crippen LogP contribution in [0.3, 0.4) is 0 Å². The molecule has 24 heavy (non-hydrogen) atoms. The van der Waals surface area contributed by atoms with Gasteiger partial charge in [-0.25, -0.2) is 4.68 Å². The molecule has 1 aliphatic rings. The summed E-state index contributed by atoms with van der Waals surface area (Å²) in [6.45, 7) is 5.83. The van der Waals surface area contributed by atoms with Gasteiger partial charge in [0.15, 0.2) is 0 Å². The molecule has 0 aliphatic carbocycles. The van der Waals surface area contributed by atoms with Crippen molar-refractivity contribution in [3.63, 3.8) is 0 Å². The van der Waals surface area contributed by atoms with Gasteiger partial charge in [0.05, 0.1) is 5.69 Å². The number of carbonyl (C=O) groups excluding carboxylic acids is 1. The molecule has 0 aromatic carbocycles. The number of carbonyl (C=O) groups is 1. The van der Waals surface area contributed by atoms with E-state index in [-0.39, 0.29) is 17.4 Å². The molecule has 3 rings (SSSR count). The van der Waals surface area contributed by atoms with Gasteiger partial charge in [0.2, 0.25) is 0 Å². The maximum absolute atomic E-state index is 12.8. The number of hydrogen-bond acceptors (Lipinski definition) is 4. The number of likely N-dealkylation sites (tertiary alicyclic amines) is 1. The van der Waals surface area contributed by atoms with Crippen molar-refractivity contribution in [3.8, 4) is 0 Å². The molecule has 0 unspecified atom stereocenters. The van der Waals surface area contributed by atoms with Gasteiger partial charge in [-0.15, -0.1) is 0 Å². The monoisotopic (exact) mass is 329 g/mol. The molecule has 3 heterocycles. The van der Waals surface area contributed by atoms with Crippen molar-refractivity contribution in [2.75, 3.05) is 13.1 Å². The van der Waals surface area contributed by atoms with Crippen LogP contribution in [0, 0.1) is 6.92 Å². The second-order valence-corrected chi connectivity index (χ2v) is 6.35. The lowest BCUT2D eigenvalue weighted by Gasteiger charge is -2.31. The number of H-pyrrole nitrogens is 1. The van der Waals surface area contributed by atoms with Gasteiger partial charge in [0.25, 0.3) is 11.5 Å². The predicted molar refractivity (Wildman–Crippen MR) is 90.0 cm³/mol. The van der Waals surface area contributed by atoms with Gasteiger partial charge in [-0.3, -0.25) is 14.7 Å². The van der Waals surface area contributed by atoms with Crippen molar-refractivity contribution in [3.05, 3.63) is 45.6 Å². The van der Waals surface area contributed by atoms with Crippen molar-refractivity contribution in [1.29, 1.82) is 0 Å². The van der Waals surface area contributed by atoms with E-state index in [2.05, 4.69) is 15.3 Å². The third-order valence-corrected chi connectivity index (χ3v) is 4.37. The molecule has 1 N–H and O–H groups in total. The van der Waals surface area contributed by atoms with Crippen LogP contribution >= 0.6 is 0 Å². The number of hydrogen-bond donors (Lipinski definition) is 1. The molecular formula is C17H23N5O2. The van der Waals surface area contributed by atoms with Gasteiger partial charge in [0.1, 0.15) is 5.69 Å². The van der Waals surface area contributed by atoms with Crippen molar-refractivity contribution >= 4 is 5.91 Å². The molecule has 1 aliphatic heterocycles. The Balaban J connectivity index is 1.77. The Bertz CT molecular complexity index is 779. The maximum atomic E-state index is 12.8. The summed E-state index contributed by atoms with van der Waals surface area (Å²) in [5, 5.41) is 11.5. The predicted octanol–water partition coefficient (Wildman–Crippen LogP) is 1.70. The molecule has 1 atom stereocenters. The Labute approximate surface area is 140 Å². The number of nitrogens with zero attached hydrogens (tertiary/aromatic N) is 4. The lowest BCUT2D eigenvalue weighted by atomic mass is 9.94. The fourth-order valence-corrected chi connectivity index (χ4v) is 3.15. The normalized spacial score (nSPS) is 17.9. The zero-order valence-electron chi connectivity index (χ0n) is 14.2. The van der Waals surface area contributed by atoms with E-state index in [0.717, 1.165) is 30.7 Å². The number of aromatic nitrogens is 4. The van der Waals surface area contributed by atoms with Crippen LogP contribution in [-0.2, 0) is 6.54 Å². The second-order valence-electron chi connectivity index (χ2n) is 6.35. The molecule has 128 valence electrons. The Kier molecular flexibility index (Phi) is 4.78. The van der Waals surface area contributed by atoms with E-state index in [9.17, 15) is 9.59 Å². The number of aryl methyl sites for hydroxylation is 2. The van der Waals surface area contributed by atoms with Gasteiger partial charge in [0, 0.05) is 37.3 Å². The molecule has 0 spiro atoms. The molecule has 0 bridgehead atoms. The van der Waals surface area contributed by atoms with Crippen LogP contribution in [0.15, 0.2) is 23.0 Å². The van der Waals surface area contributed by atoms with Crippen LogP contribution in [0.1, 0.15) is 54.0 Å². The number of nitrogens with one attached hydrogen (secondary N) is 1. The Hall–Kier alpha value is -2.44. The SMILES string of the molecule is CCCn1nc(C(=O)N2CCC[C@H](c3cc(C)[nH]n3)C2)ccc1=O. The summed E-state index contributed by atoms with van der Waals surface area (Å²) in [6.07, 6.45) is 2.77.